The predicted octanol–water partition coefficient (Wildman–Crippen LogP) is 3.87. The number of likely N-dealkylation sites (tertiary alicyclic amines) is 1. The first kappa shape index (κ1) is 16.6. The van der Waals surface area contributed by atoms with E-state index in [1.165, 1.54) is 0 Å². The molecule has 6 nitrogen and oxygen atoms in total. The zero-order valence-corrected chi connectivity index (χ0v) is 14.7. The lowest BCUT2D eigenvalue weighted by atomic mass is 10.1. The lowest BCUT2D eigenvalue weighted by Crippen LogP contribution is -2.44. The number of carbonyl (C=O) groups excluding carboxylic acids is 1. The molecule has 1 fully saturated rings. The first-order valence-electron chi connectivity index (χ1n) is 8.87. The molecule has 0 aliphatic carbocycles. The van der Waals surface area contributed by atoms with Crippen molar-refractivity contribution in [3.63, 3.8) is 0 Å². The molecule has 134 valence electrons. The quantitative estimate of drug-likeness (QED) is 0.753. The van der Waals surface area contributed by atoms with Gasteiger partial charge in [-0.2, -0.15) is 0 Å². The van der Waals surface area contributed by atoms with E-state index in [1.54, 1.807) is 7.11 Å². The van der Waals surface area contributed by atoms with Gasteiger partial charge in [-0.25, -0.2) is 9.78 Å². The van der Waals surface area contributed by atoms with Gasteiger partial charge < -0.3 is 19.9 Å². The zero-order valence-electron chi connectivity index (χ0n) is 14.7. The van der Waals surface area contributed by atoms with E-state index >= 15 is 0 Å². The Morgan fingerprint density at radius 2 is 2.04 bits per heavy atom. The highest BCUT2D eigenvalue weighted by Crippen LogP contribution is 2.22. The Kier molecular flexibility index (Phi) is 4.58. The number of imidazole rings is 1. The number of anilines is 1. The van der Waals surface area contributed by atoms with Gasteiger partial charge in [0, 0.05) is 31.5 Å². The molecule has 1 aliphatic heterocycles. The van der Waals surface area contributed by atoms with Crippen LogP contribution in [0.25, 0.3) is 22.4 Å². The fourth-order valence-corrected chi connectivity index (χ4v) is 3.32. The number of amides is 2. The summed E-state index contributed by atoms with van der Waals surface area (Å²) in [5.41, 5.74) is 3.71. The van der Waals surface area contributed by atoms with Crippen molar-refractivity contribution in [2.75, 3.05) is 25.5 Å². The third-order valence-corrected chi connectivity index (χ3v) is 4.80. The normalized spacial score (nSPS) is 17.4. The van der Waals surface area contributed by atoms with Gasteiger partial charge in [0.2, 0.25) is 0 Å². The van der Waals surface area contributed by atoms with Crippen LogP contribution in [0.1, 0.15) is 12.8 Å². The number of aromatic amines is 1. The standard InChI is InChI=1S/C20H22N4O2/c1-26-16-5-4-12-24(13-16)20(25)21-15-10-8-14(9-11-15)19-22-17-6-2-3-7-18(17)23-19/h2-3,6-11,16H,4-5,12-13H2,1H3,(H,21,25)(H,22,23). The highest BCUT2D eigenvalue weighted by molar-refractivity contribution is 5.89. The highest BCUT2D eigenvalue weighted by atomic mass is 16.5. The van der Waals surface area contributed by atoms with E-state index in [0.29, 0.717) is 6.54 Å². The van der Waals surface area contributed by atoms with Crippen LogP contribution in [0, 0.1) is 0 Å². The summed E-state index contributed by atoms with van der Waals surface area (Å²) in [5.74, 6) is 0.822. The highest BCUT2D eigenvalue weighted by Gasteiger charge is 2.23. The van der Waals surface area contributed by atoms with Gasteiger partial charge in [-0.15, -0.1) is 0 Å². The van der Waals surface area contributed by atoms with E-state index in [-0.39, 0.29) is 12.1 Å². The van der Waals surface area contributed by atoms with Crippen LogP contribution in [0.3, 0.4) is 0 Å². The number of hydrogen-bond donors (Lipinski definition) is 2. The molecule has 26 heavy (non-hydrogen) atoms. The predicted molar refractivity (Wildman–Crippen MR) is 102 cm³/mol. The molecule has 3 aromatic rings. The fourth-order valence-electron chi connectivity index (χ4n) is 3.32. The van der Waals surface area contributed by atoms with Crippen LogP contribution in [0.5, 0.6) is 0 Å². The van der Waals surface area contributed by atoms with E-state index in [4.69, 9.17) is 4.74 Å². The monoisotopic (exact) mass is 350 g/mol. The Hall–Kier alpha value is -2.86. The maximum absolute atomic E-state index is 12.4. The van der Waals surface area contributed by atoms with E-state index in [0.717, 1.165) is 47.5 Å². The molecule has 2 amide bonds. The van der Waals surface area contributed by atoms with Crippen molar-refractivity contribution < 1.29 is 9.53 Å². The molecule has 0 radical (unpaired) electrons. The summed E-state index contributed by atoms with van der Waals surface area (Å²) in [7, 11) is 1.70. The topological polar surface area (TPSA) is 70.2 Å². The molecule has 1 aromatic heterocycles. The van der Waals surface area contributed by atoms with Crippen molar-refractivity contribution in [3.05, 3.63) is 48.5 Å². The number of benzene rings is 2. The molecular weight excluding hydrogens is 328 g/mol. The van der Waals surface area contributed by atoms with E-state index in [2.05, 4.69) is 15.3 Å². The van der Waals surface area contributed by atoms with Gasteiger partial charge in [0.15, 0.2) is 0 Å². The van der Waals surface area contributed by atoms with Crippen molar-refractivity contribution in [3.8, 4) is 11.4 Å². The lowest BCUT2D eigenvalue weighted by Gasteiger charge is -2.31. The second-order valence-corrected chi connectivity index (χ2v) is 6.56. The number of nitrogens with one attached hydrogen (secondary N) is 2. The van der Waals surface area contributed by atoms with Gasteiger partial charge in [0.1, 0.15) is 5.82 Å². The van der Waals surface area contributed by atoms with Crippen molar-refractivity contribution in [1.82, 2.24) is 14.9 Å². The van der Waals surface area contributed by atoms with Crippen LogP contribution in [0.2, 0.25) is 0 Å². The summed E-state index contributed by atoms with van der Waals surface area (Å²) in [6.45, 7) is 1.40. The summed E-state index contributed by atoms with van der Waals surface area (Å²) in [4.78, 5) is 22.2. The Morgan fingerprint density at radius 3 is 2.81 bits per heavy atom. The number of carbonyl (C=O) groups is 1. The van der Waals surface area contributed by atoms with Gasteiger partial charge in [-0.05, 0) is 49.2 Å². The smallest absolute Gasteiger partial charge is 0.321 e. The average Bonchev–Trinajstić information content (AvgIpc) is 3.13. The minimum Gasteiger partial charge on any atom is -0.380 e. The third-order valence-electron chi connectivity index (χ3n) is 4.80. The summed E-state index contributed by atoms with van der Waals surface area (Å²) >= 11 is 0. The minimum atomic E-state index is -0.0803. The summed E-state index contributed by atoms with van der Waals surface area (Å²) in [5, 5.41) is 2.96. The number of hydrogen-bond acceptors (Lipinski definition) is 3. The molecule has 1 aliphatic rings. The number of urea groups is 1. The summed E-state index contributed by atoms with van der Waals surface area (Å²) in [6, 6.07) is 15.6. The molecule has 0 saturated carbocycles. The molecule has 4 rings (SSSR count). The van der Waals surface area contributed by atoms with Crippen molar-refractivity contribution in [2.45, 2.75) is 18.9 Å². The summed E-state index contributed by atoms with van der Waals surface area (Å²) in [6.07, 6.45) is 2.11. The second kappa shape index (κ2) is 7.17. The van der Waals surface area contributed by atoms with Gasteiger partial charge in [0.05, 0.1) is 17.1 Å². The molecule has 2 N–H and O–H groups in total. The van der Waals surface area contributed by atoms with Gasteiger partial charge in [0.25, 0.3) is 0 Å². The van der Waals surface area contributed by atoms with Crippen molar-refractivity contribution in [1.29, 1.82) is 0 Å². The Labute approximate surface area is 152 Å². The molecule has 0 spiro atoms. The molecule has 1 saturated heterocycles. The second-order valence-electron chi connectivity index (χ2n) is 6.56. The van der Waals surface area contributed by atoms with Crippen LogP contribution in [-0.2, 0) is 4.74 Å². The molecule has 0 bridgehead atoms. The molecular formula is C20H22N4O2. The Balaban J connectivity index is 1.45. The number of H-pyrrole nitrogens is 1. The minimum absolute atomic E-state index is 0.0803. The van der Waals surface area contributed by atoms with Gasteiger partial charge in [-0.3, -0.25) is 0 Å². The molecule has 2 heterocycles. The van der Waals surface area contributed by atoms with Crippen molar-refractivity contribution >= 4 is 22.8 Å². The Morgan fingerprint density at radius 1 is 1.23 bits per heavy atom. The number of nitrogens with zero attached hydrogens (tertiary/aromatic N) is 2. The van der Waals surface area contributed by atoms with Crippen LogP contribution in [0.4, 0.5) is 10.5 Å². The van der Waals surface area contributed by atoms with Crippen LogP contribution >= 0.6 is 0 Å². The number of piperidine rings is 1. The number of ether oxygens (including phenoxy) is 1. The number of fused-ring (bicyclic) bond motifs is 1. The van der Waals surface area contributed by atoms with E-state index in [1.807, 2.05) is 53.4 Å². The summed E-state index contributed by atoms with van der Waals surface area (Å²) < 4.78 is 5.38. The number of aromatic nitrogens is 2. The lowest BCUT2D eigenvalue weighted by molar-refractivity contribution is 0.0458. The van der Waals surface area contributed by atoms with Gasteiger partial charge in [-0.1, -0.05) is 12.1 Å². The first-order chi connectivity index (χ1) is 12.7. The first-order valence-corrected chi connectivity index (χ1v) is 8.87. The van der Waals surface area contributed by atoms with E-state index in [9.17, 15) is 4.79 Å². The number of methoxy groups -OCH3 is 1. The third kappa shape index (κ3) is 3.41. The Bertz CT molecular complexity index is 871. The van der Waals surface area contributed by atoms with Gasteiger partial charge >= 0.3 is 6.03 Å². The van der Waals surface area contributed by atoms with Crippen LogP contribution < -0.4 is 5.32 Å². The van der Waals surface area contributed by atoms with E-state index < -0.39 is 0 Å². The zero-order chi connectivity index (χ0) is 17.9. The largest absolute Gasteiger partial charge is 0.380 e. The average molecular weight is 350 g/mol. The van der Waals surface area contributed by atoms with Crippen molar-refractivity contribution in [2.24, 2.45) is 0 Å². The number of para-hydroxylation sites is 2. The SMILES string of the molecule is COC1CCCN(C(=O)Nc2ccc(-c3nc4ccccc4[nH]3)cc2)C1. The molecule has 6 heteroatoms. The number of rotatable bonds is 3. The maximum atomic E-state index is 12.4. The fraction of sp³-hybridized carbons (Fsp3) is 0.300. The molecule has 2 aromatic carbocycles. The molecule has 1 unspecified atom stereocenters. The molecule has 1 atom stereocenters. The van der Waals surface area contributed by atoms with Crippen LogP contribution in [-0.4, -0.2) is 47.2 Å². The van der Waals surface area contributed by atoms with Crippen LogP contribution in [0.15, 0.2) is 48.5 Å². The maximum Gasteiger partial charge on any atom is 0.321 e.